The van der Waals surface area contributed by atoms with Crippen LogP contribution in [0.25, 0.3) is 0 Å². The molecule has 0 radical (unpaired) electrons. The van der Waals surface area contributed by atoms with E-state index in [-0.39, 0.29) is 6.10 Å². The van der Waals surface area contributed by atoms with Gasteiger partial charge in [0.25, 0.3) is 0 Å². The Morgan fingerprint density at radius 2 is 1.53 bits per heavy atom. The third-order valence-corrected chi connectivity index (χ3v) is 4.02. The first-order valence-electron chi connectivity index (χ1n) is 7.36. The van der Waals surface area contributed by atoms with Gasteiger partial charge in [-0.25, -0.2) is 4.39 Å². The molecule has 17 heavy (non-hydrogen) atoms. The first-order valence-corrected chi connectivity index (χ1v) is 7.36. The molecule has 0 aromatic carbocycles. The maximum absolute atomic E-state index is 13.7. The quantitative estimate of drug-likeness (QED) is 0.804. The van der Waals surface area contributed by atoms with Crippen LogP contribution < -0.4 is 5.32 Å². The highest BCUT2D eigenvalue weighted by molar-refractivity contribution is 4.79. The van der Waals surface area contributed by atoms with Crippen molar-refractivity contribution < 1.29 is 9.13 Å². The van der Waals surface area contributed by atoms with Crippen molar-refractivity contribution in [3.63, 3.8) is 0 Å². The summed E-state index contributed by atoms with van der Waals surface area (Å²) in [5.74, 6) is 0. The summed E-state index contributed by atoms with van der Waals surface area (Å²) in [6.07, 6.45) is 10.4. The Morgan fingerprint density at radius 1 is 0.882 bits per heavy atom. The second-order valence-corrected chi connectivity index (χ2v) is 5.50. The molecular weight excluding hydrogens is 217 g/mol. The second-order valence-electron chi connectivity index (χ2n) is 5.50. The zero-order valence-electron chi connectivity index (χ0n) is 10.8. The van der Waals surface area contributed by atoms with E-state index < -0.39 is 6.17 Å². The highest BCUT2D eigenvalue weighted by atomic mass is 19.1. The molecule has 2 nitrogen and oxygen atoms in total. The SMILES string of the molecule is FC1CNCC[C@H]1OC1CCCCCCCC1. The van der Waals surface area contributed by atoms with Gasteiger partial charge in [-0.1, -0.05) is 38.5 Å². The van der Waals surface area contributed by atoms with Crippen LogP contribution in [0, 0.1) is 0 Å². The van der Waals surface area contributed by atoms with Gasteiger partial charge in [0.1, 0.15) is 6.17 Å². The molecule has 1 heterocycles. The molecule has 0 amide bonds. The highest BCUT2D eigenvalue weighted by Gasteiger charge is 2.27. The summed E-state index contributed by atoms with van der Waals surface area (Å²) in [5, 5.41) is 3.08. The zero-order valence-corrected chi connectivity index (χ0v) is 10.8. The fraction of sp³-hybridized carbons (Fsp3) is 1.00. The minimum Gasteiger partial charge on any atom is -0.372 e. The van der Waals surface area contributed by atoms with Crippen LogP contribution in [-0.2, 0) is 4.74 Å². The van der Waals surface area contributed by atoms with Crippen LogP contribution in [0.3, 0.4) is 0 Å². The molecule has 100 valence electrons. The van der Waals surface area contributed by atoms with Crippen molar-refractivity contribution in [2.75, 3.05) is 13.1 Å². The predicted octanol–water partition coefficient (Wildman–Crippen LogP) is 3.21. The second kappa shape index (κ2) is 7.32. The molecule has 1 saturated heterocycles. The van der Waals surface area contributed by atoms with Crippen molar-refractivity contribution >= 4 is 0 Å². The number of alkyl halides is 1. The Balaban J connectivity index is 1.77. The Bertz CT molecular complexity index is 202. The van der Waals surface area contributed by atoms with E-state index >= 15 is 0 Å². The van der Waals surface area contributed by atoms with E-state index in [1.165, 1.54) is 38.5 Å². The topological polar surface area (TPSA) is 21.3 Å². The van der Waals surface area contributed by atoms with Crippen molar-refractivity contribution in [2.24, 2.45) is 0 Å². The molecule has 2 rings (SSSR count). The minimum absolute atomic E-state index is 0.151. The number of hydrogen-bond acceptors (Lipinski definition) is 2. The third kappa shape index (κ3) is 4.55. The average molecular weight is 243 g/mol. The van der Waals surface area contributed by atoms with E-state index in [1.54, 1.807) is 0 Å². The smallest absolute Gasteiger partial charge is 0.139 e. The fourth-order valence-corrected chi connectivity index (χ4v) is 2.93. The van der Waals surface area contributed by atoms with Gasteiger partial charge in [-0.3, -0.25) is 0 Å². The summed E-state index contributed by atoms with van der Waals surface area (Å²) in [6.45, 7) is 1.37. The molecule has 0 bridgehead atoms. The van der Waals surface area contributed by atoms with Crippen LogP contribution in [0.5, 0.6) is 0 Å². The number of ether oxygens (including phenoxy) is 1. The van der Waals surface area contributed by atoms with Crippen LogP contribution in [0.2, 0.25) is 0 Å². The molecule has 1 saturated carbocycles. The first kappa shape index (κ1) is 13.3. The molecule has 2 atom stereocenters. The zero-order chi connectivity index (χ0) is 11.9. The first-order chi connectivity index (χ1) is 8.36. The lowest BCUT2D eigenvalue weighted by atomic mass is 10.0. The van der Waals surface area contributed by atoms with E-state index in [1.807, 2.05) is 0 Å². The fourth-order valence-electron chi connectivity index (χ4n) is 2.93. The monoisotopic (exact) mass is 243 g/mol. The van der Waals surface area contributed by atoms with Gasteiger partial charge >= 0.3 is 0 Å². The van der Waals surface area contributed by atoms with Gasteiger partial charge < -0.3 is 10.1 Å². The molecule has 1 aliphatic carbocycles. The summed E-state index contributed by atoms with van der Waals surface area (Å²) < 4.78 is 19.7. The van der Waals surface area contributed by atoms with Crippen molar-refractivity contribution in [2.45, 2.75) is 76.2 Å². The van der Waals surface area contributed by atoms with Gasteiger partial charge in [-0.2, -0.15) is 0 Å². The summed E-state index contributed by atoms with van der Waals surface area (Å²) in [7, 11) is 0. The Labute approximate surface area is 104 Å². The van der Waals surface area contributed by atoms with Gasteiger partial charge in [0, 0.05) is 6.54 Å². The van der Waals surface area contributed by atoms with E-state index in [4.69, 9.17) is 4.74 Å². The Hall–Kier alpha value is -0.150. The lowest BCUT2D eigenvalue weighted by molar-refractivity contribution is -0.0700. The Kier molecular flexibility index (Phi) is 5.72. The molecule has 3 heteroatoms. The third-order valence-electron chi connectivity index (χ3n) is 4.02. The van der Waals surface area contributed by atoms with Gasteiger partial charge in [-0.05, 0) is 25.8 Å². The van der Waals surface area contributed by atoms with Crippen LogP contribution >= 0.6 is 0 Å². The summed E-state index contributed by atoms with van der Waals surface area (Å²) in [5.41, 5.74) is 0. The van der Waals surface area contributed by atoms with Crippen molar-refractivity contribution in [3.05, 3.63) is 0 Å². The van der Waals surface area contributed by atoms with E-state index in [9.17, 15) is 4.39 Å². The summed E-state index contributed by atoms with van der Waals surface area (Å²) in [4.78, 5) is 0. The van der Waals surface area contributed by atoms with Gasteiger partial charge in [0.05, 0.1) is 12.2 Å². The van der Waals surface area contributed by atoms with Gasteiger partial charge in [0.2, 0.25) is 0 Å². The predicted molar refractivity (Wildman–Crippen MR) is 68.0 cm³/mol. The number of nitrogens with one attached hydrogen (secondary N) is 1. The van der Waals surface area contributed by atoms with Crippen LogP contribution in [0.15, 0.2) is 0 Å². The largest absolute Gasteiger partial charge is 0.372 e. The van der Waals surface area contributed by atoms with Crippen LogP contribution in [0.4, 0.5) is 4.39 Å². The van der Waals surface area contributed by atoms with E-state index in [0.29, 0.717) is 12.6 Å². The van der Waals surface area contributed by atoms with E-state index in [0.717, 1.165) is 25.8 Å². The molecular formula is C14H26FNO. The van der Waals surface area contributed by atoms with Crippen molar-refractivity contribution in [1.82, 2.24) is 5.32 Å². The number of hydrogen-bond donors (Lipinski definition) is 1. The summed E-state index contributed by atoms with van der Waals surface area (Å²) in [6, 6.07) is 0. The number of halogens is 1. The van der Waals surface area contributed by atoms with E-state index in [2.05, 4.69) is 5.32 Å². The molecule has 2 fully saturated rings. The molecule has 0 aromatic heterocycles. The number of piperidine rings is 1. The van der Waals surface area contributed by atoms with Crippen LogP contribution in [0.1, 0.15) is 57.8 Å². The normalized spacial score (nSPS) is 33.7. The minimum atomic E-state index is -0.809. The molecule has 1 N–H and O–H groups in total. The molecule has 1 aliphatic heterocycles. The van der Waals surface area contributed by atoms with Crippen molar-refractivity contribution in [3.8, 4) is 0 Å². The van der Waals surface area contributed by atoms with Crippen LogP contribution in [-0.4, -0.2) is 31.5 Å². The lowest BCUT2D eigenvalue weighted by Crippen LogP contribution is -2.44. The molecule has 1 unspecified atom stereocenters. The summed E-state index contributed by atoms with van der Waals surface area (Å²) >= 11 is 0. The maximum Gasteiger partial charge on any atom is 0.139 e. The van der Waals surface area contributed by atoms with Gasteiger partial charge in [0.15, 0.2) is 0 Å². The standard InChI is InChI=1S/C14H26FNO/c15-13-11-16-10-9-14(13)17-12-7-5-3-1-2-4-6-8-12/h12-14,16H,1-11H2/t13?,14-/m1/s1. The molecule has 2 aliphatic rings. The van der Waals surface area contributed by atoms with Crippen molar-refractivity contribution in [1.29, 1.82) is 0 Å². The lowest BCUT2D eigenvalue weighted by Gasteiger charge is -2.30. The average Bonchev–Trinajstić information content (AvgIpc) is 2.46. The maximum atomic E-state index is 13.7. The number of rotatable bonds is 2. The highest BCUT2D eigenvalue weighted by Crippen LogP contribution is 2.23. The van der Waals surface area contributed by atoms with Gasteiger partial charge in [-0.15, -0.1) is 0 Å². The Morgan fingerprint density at radius 3 is 2.18 bits per heavy atom. The molecule has 0 spiro atoms. The molecule has 0 aromatic rings.